The van der Waals surface area contributed by atoms with Crippen LogP contribution in [0.1, 0.15) is 5.56 Å². The third kappa shape index (κ3) is 1.49. The summed E-state index contributed by atoms with van der Waals surface area (Å²) < 4.78 is 0. The molecule has 0 unspecified atom stereocenters. The predicted molar refractivity (Wildman–Crippen MR) is 48.5 cm³/mol. The Morgan fingerprint density at radius 2 is 2.08 bits per heavy atom. The van der Waals surface area contributed by atoms with Gasteiger partial charge >= 0.3 is 0 Å². The second-order valence-electron chi connectivity index (χ2n) is 2.65. The van der Waals surface area contributed by atoms with E-state index in [1.807, 2.05) is 18.2 Å². The van der Waals surface area contributed by atoms with Crippen LogP contribution in [0.3, 0.4) is 0 Å². The van der Waals surface area contributed by atoms with E-state index in [-0.39, 0.29) is 0 Å². The lowest BCUT2D eigenvalue weighted by Gasteiger charge is -2.02. The van der Waals surface area contributed by atoms with Crippen molar-refractivity contribution in [3.8, 4) is 0 Å². The lowest BCUT2D eigenvalue weighted by molar-refractivity contribution is 0.125. The number of nitrogens with two attached hydrogens (primary N) is 1. The van der Waals surface area contributed by atoms with Crippen LogP contribution in [-0.4, -0.2) is 9.97 Å². The molecule has 1 heterocycles. The molecule has 0 aliphatic carbocycles. The molecule has 0 bridgehead atoms. The van der Waals surface area contributed by atoms with Gasteiger partial charge in [0.2, 0.25) is 0 Å². The maximum atomic E-state index is 5.00. The van der Waals surface area contributed by atoms with Crippen LogP contribution in [0, 0.1) is 0 Å². The number of nitrogens with zero attached hydrogens (tertiary/aromatic N) is 2. The van der Waals surface area contributed by atoms with E-state index >= 15 is 0 Å². The van der Waals surface area contributed by atoms with E-state index in [1.165, 1.54) is 0 Å². The normalized spacial score (nSPS) is 10.5. The molecule has 0 saturated carbocycles. The van der Waals surface area contributed by atoms with Crippen molar-refractivity contribution in [1.82, 2.24) is 9.97 Å². The number of hydrogen-bond donors (Lipinski definition) is 1. The van der Waals surface area contributed by atoms with Crippen LogP contribution in [0.5, 0.6) is 0 Å². The van der Waals surface area contributed by atoms with E-state index in [4.69, 9.17) is 5.90 Å². The summed E-state index contributed by atoms with van der Waals surface area (Å²) in [5.41, 5.74) is 2.65. The molecule has 4 nitrogen and oxygen atoms in total. The molecule has 0 spiro atoms. The summed E-state index contributed by atoms with van der Waals surface area (Å²) in [4.78, 5) is 12.9. The predicted octanol–water partition coefficient (Wildman–Crippen LogP) is 1.02. The standard InChI is InChI=1S/C9H9N3O/c10-13-6-7-2-1-3-8-9(7)12-5-4-11-8/h1-5H,6,10H2. The third-order valence-electron chi connectivity index (χ3n) is 1.82. The van der Waals surface area contributed by atoms with Crippen LogP contribution in [0.25, 0.3) is 11.0 Å². The second kappa shape index (κ2) is 3.47. The zero-order valence-electron chi connectivity index (χ0n) is 6.97. The number of hydrogen-bond acceptors (Lipinski definition) is 4. The van der Waals surface area contributed by atoms with Crippen LogP contribution in [0.15, 0.2) is 30.6 Å². The Balaban J connectivity index is 2.61. The number of aromatic nitrogens is 2. The molecule has 4 heteroatoms. The summed E-state index contributed by atoms with van der Waals surface area (Å²) in [6.45, 7) is 0.357. The second-order valence-corrected chi connectivity index (χ2v) is 2.65. The van der Waals surface area contributed by atoms with Crippen molar-refractivity contribution < 1.29 is 4.84 Å². The topological polar surface area (TPSA) is 61.0 Å². The highest BCUT2D eigenvalue weighted by molar-refractivity contribution is 5.77. The molecule has 0 fully saturated rings. The van der Waals surface area contributed by atoms with Gasteiger partial charge in [0.05, 0.1) is 17.6 Å². The van der Waals surface area contributed by atoms with Crippen molar-refractivity contribution in [1.29, 1.82) is 0 Å². The molecule has 0 amide bonds. The average molecular weight is 175 g/mol. The van der Waals surface area contributed by atoms with Crippen molar-refractivity contribution in [3.63, 3.8) is 0 Å². The molecule has 0 atom stereocenters. The first kappa shape index (κ1) is 8.10. The minimum absolute atomic E-state index is 0.357. The Morgan fingerprint density at radius 1 is 1.23 bits per heavy atom. The number of benzene rings is 1. The van der Waals surface area contributed by atoms with Gasteiger partial charge in [-0.15, -0.1) is 0 Å². The fraction of sp³-hybridized carbons (Fsp3) is 0.111. The van der Waals surface area contributed by atoms with Gasteiger partial charge < -0.3 is 0 Å². The van der Waals surface area contributed by atoms with E-state index in [9.17, 15) is 0 Å². The smallest absolute Gasteiger partial charge is 0.0951 e. The van der Waals surface area contributed by atoms with Gasteiger partial charge in [-0.3, -0.25) is 14.8 Å². The zero-order valence-corrected chi connectivity index (χ0v) is 6.97. The van der Waals surface area contributed by atoms with E-state index in [1.54, 1.807) is 12.4 Å². The maximum absolute atomic E-state index is 5.00. The van der Waals surface area contributed by atoms with Gasteiger partial charge in [-0.25, -0.2) is 5.90 Å². The molecule has 2 rings (SSSR count). The Morgan fingerprint density at radius 3 is 2.92 bits per heavy atom. The quantitative estimate of drug-likeness (QED) is 0.692. The summed E-state index contributed by atoms with van der Waals surface area (Å²) in [7, 11) is 0. The molecule has 0 aliphatic rings. The fourth-order valence-corrected chi connectivity index (χ4v) is 1.26. The first-order valence-electron chi connectivity index (χ1n) is 3.92. The highest BCUT2D eigenvalue weighted by atomic mass is 16.6. The molecule has 2 aromatic rings. The lowest BCUT2D eigenvalue weighted by atomic mass is 10.2. The zero-order chi connectivity index (χ0) is 9.10. The van der Waals surface area contributed by atoms with Gasteiger partial charge in [0.15, 0.2) is 0 Å². The molecule has 13 heavy (non-hydrogen) atoms. The number of rotatable bonds is 2. The van der Waals surface area contributed by atoms with Gasteiger partial charge in [-0.05, 0) is 6.07 Å². The minimum Gasteiger partial charge on any atom is -0.300 e. The van der Waals surface area contributed by atoms with Gasteiger partial charge in [0, 0.05) is 18.0 Å². The Labute approximate surface area is 75.3 Å². The summed E-state index contributed by atoms with van der Waals surface area (Å²) >= 11 is 0. The highest BCUT2D eigenvalue weighted by Crippen LogP contribution is 2.13. The van der Waals surface area contributed by atoms with E-state index in [2.05, 4.69) is 14.8 Å². The van der Waals surface area contributed by atoms with Crippen molar-refractivity contribution >= 4 is 11.0 Å². The van der Waals surface area contributed by atoms with E-state index in [0.29, 0.717) is 6.61 Å². The van der Waals surface area contributed by atoms with Gasteiger partial charge in [-0.2, -0.15) is 0 Å². The highest BCUT2D eigenvalue weighted by Gasteiger charge is 2.00. The number of fused-ring (bicyclic) bond motifs is 1. The Bertz CT molecular complexity index is 411. The van der Waals surface area contributed by atoms with Crippen LogP contribution in [0.2, 0.25) is 0 Å². The molecule has 0 saturated heterocycles. The molecule has 0 aliphatic heterocycles. The molecular formula is C9H9N3O. The van der Waals surface area contributed by atoms with Crippen molar-refractivity contribution in [3.05, 3.63) is 36.2 Å². The van der Waals surface area contributed by atoms with Gasteiger partial charge in [0.25, 0.3) is 0 Å². The lowest BCUT2D eigenvalue weighted by Crippen LogP contribution is -2.00. The SMILES string of the molecule is NOCc1cccc2nccnc12. The summed E-state index contributed by atoms with van der Waals surface area (Å²) in [5, 5.41) is 0. The molecule has 1 aromatic heterocycles. The first-order valence-corrected chi connectivity index (χ1v) is 3.92. The molecule has 66 valence electrons. The van der Waals surface area contributed by atoms with Gasteiger partial charge in [0.1, 0.15) is 0 Å². The Kier molecular flexibility index (Phi) is 2.16. The van der Waals surface area contributed by atoms with Crippen LogP contribution in [0.4, 0.5) is 0 Å². The molecular weight excluding hydrogens is 166 g/mol. The molecule has 0 radical (unpaired) electrons. The average Bonchev–Trinajstić information content (AvgIpc) is 2.19. The first-order chi connectivity index (χ1) is 6.42. The summed E-state index contributed by atoms with van der Waals surface area (Å²) in [6, 6.07) is 5.73. The fourth-order valence-electron chi connectivity index (χ4n) is 1.26. The number of para-hydroxylation sites is 1. The van der Waals surface area contributed by atoms with Crippen LogP contribution in [-0.2, 0) is 11.4 Å². The Hall–Kier alpha value is -1.52. The summed E-state index contributed by atoms with van der Waals surface area (Å²) in [6.07, 6.45) is 3.32. The maximum Gasteiger partial charge on any atom is 0.0951 e. The summed E-state index contributed by atoms with van der Waals surface area (Å²) in [5.74, 6) is 5.00. The molecule has 2 N–H and O–H groups in total. The van der Waals surface area contributed by atoms with E-state index < -0.39 is 0 Å². The van der Waals surface area contributed by atoms with Crippen LogP contribution < -0.4 is 5.90 Å². The minimum atomic E-state index is 0.357. The monoisotopic (exact) mass is 175 g/mol. The van der Waals surface area contributed by atoms with Crippen LogP contribution >= 0.6 is 0 Å². The van der Waals surface area contributed by atoms with Crippen molar-refractivity contribution in [2.45, 2.75) is 6.61 Å². The molecule has 1 aromatic carbocycles. The third-order valence-corrected chi connectivity index (χ3v) is 1.82. The van der Waals surface area contributed by atoms with E-state index in [0.717, 1.165) is 16.6 Å². The van der Waals surface area contributed by atoms with Crippen molar-refractivity contribution in [2.24, 2.45) is 5.90 Å². The van der Waals surface area contributed by atoms with Crippen molar-refractivity contribution in [2.75, 3.05) is 0 Å². The van der Waals surface area contributed by atoms with Gasteiger partial charge in [-0.1, -0.05) is 12.1 Å². The largest absolute Gasteiger partial charge is 0.300 e.